The van der Waals surface area contributed by atoms with E-state index in [0.29, 0.717) is 5.56 Å². The summed E-state index contributed by atoms with van der Waals surface area (Å²) in [5.74, 6) is 0.966. The van der Waals surface area contributed by atoms with Crippen LogP contribution in [0, 0.1) is 0 Å². The molecule has 0 unspecified atom stereocenters. The lowest BCUT2D eigenvalue weighted by atomic mass is 10.1. The molecular formula is C21H20O3. The van der Waals surface area contributed by atoms with E-state index in [1.54, 1.807) is 45.2 Å². The number of carbonyl (C=O) groups excluding carboxylic acids is 2. The van der Waals surface area contributed by atoms with Crippen LogP contribution in [0.15, 0.2) is 66.7 Å². The van der Waals surface area contributed by atoms with Crippen molar-refractivity contribution in [1.82, 2.24) is 0 Å². The maximum absolute atomic E-state index is 11.1. The molecule has 0 aliphatic heterocycles. The molecule has 0 aliphatic carbocycles. The topological polar surface area (TPSA) is 43.4 Å². The van der Waals surface area contributed by atoms with E-state index in [1.165, 1.54) is 5.39 Å². The Labute approximate surface area is 141 Å². The molecule has 24 heavy (non-hydrogen) atoms. The van der Waals surface area contributed by atoms with Gasteiger partial charge >= 0.3 is 0 Å². The van der Waals surface area contributed by atoms with E-state index >= 15 is 0 Å². The number of benzene rings is 3. The number of carbonyl (C=O) groups is 2. The van der Waals surface area contributed by atoms with Crippen molar-refractivity contribution in [3.05, 3.63) is 77.9 Å². The second-order valence-electron chi connectivity index (χ2n) is 5.40. The summed E-state index contributed by atoms with van der Waals surface area (Å²) in [6, 6.07) is 20.9. The summed E-state index contributed by atoms with van der Waals surface area (Å²) in [5, 5.41) is 2.29. The van der Waals surface area contributed by atoms with Crippen molar-refractivity contribution < 1.29 is 14.3 Å². The minimum atomic E-state index is 0.0765. The monoisotopic (exact) mass is 320 g/mol. The maximum atomic E-state index is 11.1. The normalized spacial score (nSPS) is 9.79. The largest absolute Gasteiger partial charge is 0.497 e. The molecule has 0 bridgehead atoms. The van der Waals surface area contributed by atoms with Gasteiger partial charge in [-0.2, -0.15) is 0 Å². The van der Waals surface area contributed by atoms with Gasteiger partial charge in [-0.3, -0.25) is 9.59 Å². The van der Waals surface area contributed by atoms with Crippen LogP contribution in [-0.2, 0) is 0 Å². The number of methoxy groups -OCH3 is 1. The van der Waals surface area contributed by atoms with E-state index in [4.69, 9.17) is 4.74 Å². The number of hydrogen-bond donors (Lipinski definition) is 0. The SMILES string of the molecule is CC(=O)c1ccc2ccccc2c1.COc1ccc(C(C)=O)cc1. The lowest BCUT2D eigenvalue weighted by Gasteiger charge is -1.99. The third kappa shape index (κ3) is 4.53. The van der Waals surface area contributed by atoms with Crippen LogP contribution in [0.2, 0.25) is 0 Å². The molecule has 0 radical (unpaired) electrons. The second-order valence-corrected chi connectivity index (χ2v) is 5.40. The molecule has 122 valence electrons. The van der Waals surface area contributed by atoms with Gasteiger partial charge in [-0.25, -0.2) is 0 Å². The average Bonchev–Trinajstić information content (AvgIpc) is 2.61. The quantitative estimate of drug-likeness (QED) is 0.642. The summed E-state index contributed by atoms with van der Waals surface area (Å²) in [6.45, 7) is 3.13. The fourth-order valence-corrected chi connectivity index (χ4v) is 2.23. The molecule has 0 aromatic heterocycles. The predicted octanol–water partition coefficient (Wildman–Crippen LogP) is 4.94. The molecule has 3 aromatic rings. The fraction of sp³-hybridized carbons (Fsp3) is 0.143. The molecule has 0 amide bonds. The lowest BCUT2D eigenvalue weighted by Crippen LogP contribution is -1.91. The minimum absolute atomic E-state index is 0.0765. The summed E-state index contributed by atoms with van der Waals surface area (Å²) in [5.41, 5.74) is 1.49. The third-order valence-corrected chi connectivity index (χ3v) is 3.65. The highest BCUT2D eigenvalue weighted by Gasteiger charge is 1.99. The van der Waals surface area contributed by atoms with Crippen LogP contribution in [0.1, 0.15) is 34.6 Å². The average molecular weight is 320 g/mol. The van der Waals surface area contributed by atoms with Gasteiger partial charge in [0.2, 0.25) is 0 Å². The van der Waals surface area contributed by atoms with Gasteiger partial charge in [-0.1, -0.05) is 36.4 Å². The Morgan fingerprint density at radius 1 is 0.708 bits per heavy atom. The zero-order valence-electron chi connectivity index (χ0n) is 14.1. The van der Waals surface area contributed by atoms with E-state index in [0.717, 1.165) is 16.7 Å². The van der Waals surface area contributed by atoms with Gasteiger partial charge in [0.1, 0.15) is 5.75 Å². The van der Waals surface area contributed by atoms with E-state index in [2.05, 4.69) is 0 Å². The van der Waals surface area contributed by atoms with Crippen molar-refractivity contribution in [3.8, 4) is 5.75 Å². The molecule has 0 N–H and O–H groups in total. The zero-order chi connectivity index (χ0) is 17.5. The van der Waals surface area contributed by atoms with Crippen molar-refractivity contribution in [3.63, 3.8) is 0 Å². The summed E-state index contributed by atoms with van der Waals surface area (Å²) in [7, 11) is 1.60. The Bertz CT molecular complexity index is 848. The number of hydrogen-bond acceptors (Lipinski definition) is 3. The van der Waals surface area contributed by atoms with E-state index in [1.807, 2.05) is 42.5 Å². The maximum Gasteiger partial charge on any atom is 0.159 e. The van der Waals surface area contributed by atoms with Crippen LogP contribution in [0.25, 0.3) is 10.8 Å². The van der Waals surface area contributed by atoms with Crippen molar-refractivity contribution in [2.75, 3.05) is 7.11 Å². The fourth-order valence-electron chi connectivity index (χ4n) is 2.23. The second kappa shape index (κ2) is 8.06. The van der Waals surface area contributed by atoms with E-state index in [-0.39, 0.29) is 11.6 Å². The number of ketones is 2. The van der Waals surface area contributed by atoms with Gasteiger partial charge < -0.3 is 4.74 Å². The highest BCUT2D eigenvalue weighted by molar-refractivity contribution is 5.98. The standard InChI is InChI=1S/C12H10O.C9H10O2/c1-9(13)11-7-6-10-4-2-3-5-12(10)8-11;1-7(10)8-3-5-9(11-2)6-4-8/h2-8H,1H3;3-6H,1-2H3. The first-order valence-electron chi connectivity index (χ1n) is 7.66. The molecule has 0 aliphatic rings. The lowest BCUT2D eigenvalue weighted by molar-refractivity contribution is 0.100. The molecule has 0 fully saturated rings. The van der Waals surface area contributed by atoms with E-state index < -0.39 is 0 Å². The summed E-state index contributed by atoms with van der Waals surface area (Å²) in [6.07, 6.45) is 0. The van der Waals surface area contributed by atoms with Gasteiger partial charge in [0.25, 0.3) is 0 Å². The molecule has 0 saturated heterocycles. The number of Topliss-reactive ketones (excluding diaryl/α,β-unsaturated/α-hetero) is 2. The van der Waals surface area contributed by atoms with Crippen molar-refractivity contribution in [2.45, 2.75) is 13.8 Å². The molecule has 0 saturated carbocycles. The Hall–Kier alpha value is -2.94. The molecule has 3 rings (SSSR count). The molecule has 0 heterocycles. The predicted molar refractivity (Wildman–Crippen MR) is 97.0 cm³/mol. The smallest absolute Gasteiger partial charge is 0.159 e. The Balaban J connectivity index is 0.000000177. The van der Waals surface area contributed by atoms with Gasteiger partial charge in [-0.15, -0.1) is 0 Å². The first kappa shape index (κ1) is 17.4. The molecule has 3 heteroatoms. The van der Waals surface area contributed by atoms with Crippen LogP contribution in [0.5, 0.6) is 5.75 Å². The molecule has 3 nitrogen and oxygen atoms in total. The third-order valence-electron chi connectivity index (χ3n) is 3.65. The van der Waals surface area contributed by atoms with Crippen LogP contribution >= 0.6 is 0 Å². The van der Waals surface area contributed by atoms with Gasteiger partial charge in [0, 0.05) is 11.1 Å². The Morgan fingerprint density at radius 2 is 1.25 bits per heavy atom. The van der Waals surface area contributed by atoms with Crippen molar-refractivity contribution in [2.24, 2.45) is 0 Å². The van der Waals surface area contributed by atoms with Crippen molar-refractivity contribution in [1.29, 1.82) is 0 Å². The Kier molecular flexibility index (Phi) is 5.85. The molecule has 3 aromatic carbocycles. The highest BCUT2D eigenvalue weighted by atomic mass is 16.5. The summed E-state index contributed by atoms with van der Waals surface area (Å²) < 4.78 is 4.94. The minimum Gasteiger partial charge on any atom is -0.497 e. The van der Waals surface area contributed by atoms with Crippen LogP contribution in [0.3, 0.4) is 0 Å². The zero-order valence-corrected chi connectivity index (χ0v) is 14.1. The number of rotatable bonds is 3. The van der Waals surface area contributed by atoms with Crippen LogP contribution in [-0.4, -0.2) is 18.7 Å². The first-order chi connectivity index (χ1) is 11.5. The first-order valence-corrected chi connectivity index (χ1v) is 7.66. The van der Waals surface area contributed by atoms with Gasteiger partial charge in [-0.05, 0) is 55.0 Å². The summed E-state index contributed by atoms with van der Waals surface area (Å²) in [4.78, 5) is 21.9. The van der Waals surface area contributed by atoms with E-state index in [9.17, 15) is 9.59 Å². The van der Waals surface area contributed by atoms with Crippen LogP contribution < -0.4 is 4.74 Å². The van der Waals surface area contributed by atoms with Gasteiger partial charge in [0.15, 0.2) is 11.6 Å². The Morgan fingerprint density at radius 3 is 1.79 bits per heavy atom. The highest BCUT2D eigenvalue weighted by Crippen LogP contribution is 2.15. The molecular weight excluding hydrogens is 300 g/mol. The molecule has 0 spiro atoms. The number of fused-ring (bicyclic) bond motifs is 1. The van der Waals surface area contributed by atoms with Crippen LogP contribution in [0.4, 0.5) is 0 Å². The molecule has 0 atom stereocenters. The van der Waals surface area contributed by atoms with Crippen molar-refractivity contribution >= 4 is 22.3 Å². The number of ether oxygens (including phenoxy) is 1. The van der Waals surface area contributed by atoms with Gasteiger partial charge in [0.05, 0.1) is 7.11 Å². The summed E-state index contributed by atoms with van der Waals surface area (Å²) >= 11 is 0.